The van der Waals surface area contributed by atoms with Gasteiger partial charge in [0.05, 0.1) is 12.0 Å². The Morgan fingerprint density at radius 3 is 2.79 bits per heavy atom. The standard InChI is InChI=1S/C10H8N2O2/c1-7(13)2-10(14)9-3-8(4-11)5-12-6-9/h3,5-6H,2H2,1H3. The van der Waals surface area contributed by atoms with Gasteiger partial charge in [-0.2, -0.15) is 5.26 Å². The Morgan fingerprint density at radius 2 is 2.21 bits per heavy atom. The molecule has 0 fully saturated rings. The molecule has 0 saturated heterocycles. The lowest BCUT2D eigenvalue weighted by molar-refractivity contribution is -0.116. The maximum atomic E-state index is 11.4. The molecule has 0 aliphatic carbocycles. The fraction of sp³-hybridized carbons (Fsp3) is 0.200. The second-order valence-corrected chi connectivity index (χ2v) is 2.88. The Morgan fingerprint density at radius 1 is 1.50 bits per heavy atom. The van der Waals surface area contributed by atoms with Crippen molar-refractivity contribution in [1.29, 1.82) is 5.26 Å². The van der Waals surface area contributed by atoms with Crippen molar-refractivity contribution in [2.24, 2.45) is 0 Å². The Kier molecular flexibility index (Phi) is 3.08. The highest BCUT2D eigenvalue weighted by Gasteiger charge is 2.09. The van der Waals surface area contributed by atoms with Crippen LogP contribution in [0.15, 0.2) is 18.5 Å². The van der Waals surface area contributed by atoms with E-state index in [-0.39, 0.29) is 18.0 Å². The van der Waals surface area contributed by atoms with Gasteiger partial charge in [-0.1, -0.05) is 0 Å². The average Bonchev–Trinajstić information content (AvgIpc) is 2.17. The molecular formula is C10H8N2O2. The molecule has 1 aromatic heterocycles. The van der Waals surface area contributed by atoms with Gasteiger partial charge in [0.1, 0.15) is 11.9 Å². The van der Waals surface area contributed by atoms with Gasteiger partial charge in [-0.3, -0.25) is 14.6 Å². The number of hydrogen-bond donors (Lipinski definition) is 0. The quantitative estimate of drug-likeness (QED) is 0.526. The maximum absolute atomic E-state index is 11.4. The van der Waals surface area contributed by atoms with E-state index in [2.05, 4.69) is 4.98 Å². The van der Waals surface area contributed by atoms with Crippen LogP contribution in [0.1, 0.15) is 29.3 Å². The first kappa shape index (κ1) is 10.1. The molecular weight excluding hydrogens is 180 g/mol. The van der Waals surface area contributed by atoms with Crippen LogP contribution in [0.4, 0.5) is 0 Å². The van der Waals surface area contributed by atoms with Crippen molar-refractivity contribution in [2.75, 3.05) is 0 Å². The fourth-order valence-electron chi connectivity index (χ4n) is 0.982. The van der Waals surface area contributed by atoms with Crippen LogP contribution in [0.2, 0.25) is 0 Å². The lowest BCUT2D eigenvalue weighted by Crippen LogP contribution is -2.05. The minimum absolute atomic E-state index is 0.142. The zero-order chi connectivity index (χ0) is 10.6. The lowest BCUT2D eigenvalue weighted by atomic mass is 10.1. The number of Topliss-reactive ketones (excluding diaryl/α,β-unsaturated/α-hetero) is 2. The number of nitriles is 1. The zero-order valence-electron chi connectivity index (χ0n) is 7.65. The van der Waals surface area contributed by atoms with E-state index in [1.54, 1.807) is 0 Å². The molecule has 70 valence electrons. The van der Waals surface area contributed by atoms with Gasteiger partial charge in [0.15, 0.2) is 5.78 Å². The predicted molar refractivity (Wildman–Crippen MR) is 48.6 cm³/mol. The first-order valence-electron chi connectivity index (χ1n) is 4.01. The number of nitrogens with zero attached hydrogens (tertiary/aromatic N) is 2. The average molecular weight is 188 g/mol. The van der Waals surface area contributed by atoms with Crippen LogP contribution in [0, 0.1) is 11.3 Å². The Hall–Kier alpha value is -2.02. The van der Waals surface area contributed by atoms with Gasteiger partial charge in [-0.05, 0) is 13.0 Å². The lowest BCUT2D eigenvalue weighted by Gasteiger charge is -1.97. The van der Waals surface area contributed by atoms with E-state index in [1.807, 2.05) is 6.07 Å². The van der Waals surface area contributed by atoms with Crippen molar-refractivity contribution in [3.05, 3.63) is 29.6 Å². The molecule has 0 spiro atoms. The van der Waals surface area contributed by atoms with Crippen molar-refractivity contribution in [1.82, 2.24) is 4.98 Å². The number of carbonyl (C=O) groups excluding carboxylic acids is 2. The third-order valence-electron chi connectivity index (χ3n) is 1.60. The molecule has 0 aliphatic heterocycles. The molecule has 0 atom stereocenters. The molecule has 1 aromatic rings. The van der Waals surface area contributed by atoms with Crippen LogP contribution in [-0.2, 0) is 4.79 Å². The van der Waals surface area contributed by atoms with Crippen molar-refractivity contribution >= 4 is 11.6 Å². The van der Waals surface area contributed by atoms with Crippen LogP contribution in [-0.4, -0.2) is 16.6 Å². The third kappa shape index (κ3) is 2.49. The number of pyridine rings is 1. The normalized spacial score (nSPS) is 9.14. The van der Waals surface area contributed by atoms with Gasteiger partial charge in [-0.15, -0.1) is 0 Å². The second kappa shape index (κ2) is 4.28. The van der Waals surface area contributed by atoms with Gasteiger partial charge < -0.3 is 0 Å². The second-order valence-electron chi connectivity index (χ2n) is 2.88. The molecule has 1 rings (SSSR count). The molecule has 0 aromatic carbocycles. The Bertz CT molecular complexity index is 418. The van der Waals surface area contributed by atoms with Gasteiger partial charge in [0, 0.05) is 18.0 Å². The van der Waals surface area contributed by atoms with E-state index >= 15 is 0 Å². The van der Waals surface area contributed by atoms with Crippen molar-refractivity contribution < 1.29 is 9.59 Å². The van der Waals surface area contributed by atoms with Crippen molar-refractivity contribution in [3.8, 4) is 6.07 Å². The van der Waals surface area contributed by atoms with Crippen LogP contribution in [0.25, 0.3) is 0 Å². The summed E-state index contributed by atoms with van der Waals surface area (Å²) in [5, 5.41) is 8.56. The molecule has 4 nitrogen and oxygen atoms in total. The predicted octanol–water partition coefficient (Wildman–Crippen LogP) is 1.12. The topological polar surface area (TPSA) is 70.8 Å². The van der Waals surface area contributed by atoms with Crippen LogP contribution < -0.4 is 0 Å². The van der Waals surface area contributed by atoms with Gasteiger partial charge in [-0.25, -0.2) is 0 Å². The Labute approximate surface area is 81.2 Å². The summed E-state index contributed by atoms with van der Waals surface area (Å²) in [6.45, 7) is 1.35. The van der Waals surface area contributed by atoms with Gasteiger partial charge in [0.2, 0.25) is 0 Å². The molecule has 0 amide bonds. The van der Waals surface area contributed by atoms with Crippen LogP contribution >= 0.6 is 0 Å². The van der Waals surface area contributed by atoms with E-state index in [1.165, 1.54) is 25.4 Å². The summed E-state index contributed by atoms with van der Waals surface area (Å²) in [5.74, 6) is -0.500. The SMILES string of the molecule is CC(=O)CC(=O)c1cncc(C#N)c1. The first-order chi connectivity index (χ1) is 6.63. The fourth-order valence-corrected chi connectivity index (χ4v) is 0.982. The largest absolute Gasteiger partial charge is 0.300 e. The van der Waals surface area contributed by atoms with E-state index in [0.29, 0.717) is 11.1 Å². The van der Waals surface area contributed by atoms with Gasteiger partial charge in [0.25, 0.3) is 0 Å². The minimum atomic E-state index is -0.304. The highest BCUT2D eigenvalue weighted by molar-refractivity contribution is 6.07. The molecule has 0 unspecified atom stereocenters. The van der Waals surface area contributed by atoms with Crippen LogP contribution in [0.3, 0.4) is 0 Å². The van der Waals surface area contributed by atoms with E-state index in [9.17, 15) is 9.59 Å². The number of carbonyl (C=O) groups is 2. The first-order valence-corrected chi connectivity index (χ1v) is 4.01. The van der Waals surface area contributed by atoms with Crippen molar-refractivity contribution in [3.63, 3.8) is 0 Å². The maximum Gasteiger partial charge on any atom is 0.171 e. The van der Waals surface area contributed by atoms with E-state index < -0.39 is 0 Å². The molecule has 1 heterocycles. The molecule has 0 aliphatic rings. The van der Waals surface area contributed by atoms with Gasteiger partial charge >= 0.3 is 0 Å². The number of hydrogen-bond acceptors (Lipinski definition) is 4. The summed E-state index contributed by atoms with van der Waals surface area (Å²) >= 11 is 0. The number of ketones is 2. The molecule has 0 saturated carbocycles. The minimum Gasteiger partial charge on any atom is -0.300 e. The highest BCUT2D eigenvalue weighted by Crippen LogP contribution is 2.04. The van der Waals surface area contributed by atoms with E-state index in [0.717, 1.165) is 0 Å². The third-order valence-corrected chi connectivity index (χ3v) is 1.60. The summed E-state index contributed by atoms with van der Waals surface area (Å²) in [7, 11) is 0. The molecule has 0 radical (unpaired) electrons. The molecule has 0 bridgehead atoms. The summed E-state index contributed by atoms with van der Waals surface area (Å²) in [6.07, 6.45) is 2.58. The summed E-state index contributed by atoms with van der Waals surface area (Å²) in [5.41, 5.74) is 0.624. The van der Waals surface area contributed by atoms with Crippen LogP contribution in [0.5, 0.6) is 0 Å². The number of rotatable bonds is 3. The van der Waals surface area contributed by atoms with E-state index in [4.69, 9.17) is 5.26 Å². The zero-order valence-corrected chi connectivity index (χ0v) is 7.65. The number of aromatic nitrogens is 1. The molecule has 14 heavy (non-hydrogen) atoms. The summed E-state index contributed by atoms with van der Waals surface area (Å²) < 4.78 is 0. The molecule has 0 N–H and O–H groups in total. The Balaban J connectivity index is 2.91. The molecule has 4 heteroatoms. The monoisotopic (exact) mass is 188 g/mol. The smallest absolute Gasteiger partial charge is 0.171 e. The van der Waals surface area contributed by atoms with Crippen molar-refractivity contribution in [2.45, 2.75) is 13.3 Å². The highest BCUT2D eigenvalue weighted by atomic mass is 16.1. The summed E-state index contributed by atoms with van der Waals surface area (Å²) in [6, 6.07) is 3.30. The summed E-state index contributed by atoms with van der Waals surface area (Å²) in [4.78, 5) is 25.8.